The summed E-state index contributed by atoms with van der Waals surface area (Å²) < 4.78 is 7.13. The van der Waals surface area contributed by atoms with Gasteiger partial charge in [0.1, 0.15) is 11.5 Å². The summed E-state index contributed by atoms with van der Waals surface area (Å²) in [4.78, 5) is 12.8. The zero-order chi connectivity index (χ0) is 101. The Morgan fingerprint density at radius 2 is 0.467 bits per heavy atom. The van der Waals surface area contributed by atoms with Crippen LogP contribution in [0.4, 0.5) is 68.2 Å². The standard InChI is InChI=1S/C70H59BN2OSi.C70H59BN2SSi/c2*1-45(2)48-42-51(46(3)4)69(52(43-48)47(5)6)71-57-30-14-19-35-63(57)74-64-44-50(40-41-58(64)71)73-59-31-15-10-26-53(59)70(54-27-11-16-32-60(54)73)55-28-12-20-36-65(55)75(66-37-21-13-29-56(66)70)67-38-22-17-33-61(67)72(49-24-8-7-9-25-49)62-34-18-23-39-68(62)75/h2*7-47H,1-6H3. The molecule has 0 aliphatic carbocycles. The van der Waals surface area contributed by atoms with Gasteiger partial charge in [0.25, 0.3) is 6.71 Å². The second kappa shape index (κ2) is 36.1. The van der Waals surface area contributed by atoms with Crippen molar-refractivity contribution in [2.75, 3.05) is 19.6 Å². The Hall–Kier alpha value is -15.7. The normalized spacial score (nSPS) is 14.9. The van der Waals surface area contributed by atoms with Crippen LogP contribution < -0.4 is 98.6 Å². The quantitative estimate of drug-likeness (QED) is 0.113. The van der Waals surface area contributed by atoms with E-state index in [2.05, 4.69) is 564 Å². The molecule has 0 bridgehead atoms. The predicted octanol–water partition coefficient (Wildman–Crippen LogP) is 27.0. The molecule has 0 radical (unpaired) electrons. The van der Waals surface area contributed by atoms with Gasteiger partial charge in [0, 0.05) is 61.4 Å². The third-order valence-electron chi connectivity index (χ3n) is 34.3. The van der Waals surface area contributed by atoms with Crippen LogP contribution in [0.3, 0.4) is 0 Å². The molecule has 8 aliphatic heterocycles. The second-order valence-corrected chi connectivity index (χ2v) is 52.5. The van der Waals surface area contributed by atoms with E-state index in [9.17, 15) is 0 Å². The Balaban J connectivity index is 0.000000148. The van der Waals surface area contributed by atoms with Crippen LogP contribution in [0.1, 0.15) is 196 Å². The highest BCUT2D eigenvalue weighted by atomic mass is 32.2. The molecule has 20 aromatic carbocycles. The third kappa shape index (κ3) is 13.4. The van der Waals surface area contributed by atoms with Gasteiger partial charge in [0.15, 0.2) is 16.1 Å². The fourth-order valence-electron chi connectivity index (χ4n) is 28.2. The lowest BCUT2D eigenvalue weighted by Crippen LogP contribution is -2.81. The van der Waals surface area contributed by atoms with Crippen LogP contribution in [0.5, 0.6) is 11.5 Å². The first kappa shape index (κ1) is 92.9. The number of para-hydroxylation sites is 11. The van der Waals surface area contributed by atoms with Crippen molar-refractivity contribution in [3.8, 4) is 11.5 Å². The third-order valence-corrected chi connectivity index (χ3v) is 45.4. The summed E-state index contributed by atoms with van der Waals surface area (Å²) in [6, 6.07) is 177. The number of ether oxygens (including phenoxy) is 1. The van der Waals surface area contributed by atoms with Crippen LogP contribution in [0.25, 0.3) is 0 Å². The maximum atomic E-state index is 7.13. The minimum absolute atomic E-state index is 0.0146. The molecule has 0 saturated carbocycles. The number of benzene rings is 20. The Bertz CT molecular complexity index is 7990. The van der Waals surface area contributed by atoms with Crippen LogP contribution in [0, 0.1) is 0 Å². The van der Waals surface area contributed by atoms with Crippen molar-refractivity contribution in [2.24, 2.45) is 0 Å². The molecule has 28 rings (SSSR count). The van der Waals surface area contributed by atoms with Crippen molar-refractivity contribution in [2.45, 2.75) is 139 Å². The molecule has 8 heterocycles. The highest BCUT2D eigenvalue weighted by molar-refractivity contribution is 8.00. The molecule has 8 aliphatic rings. The van der Waals surface area contributed by atoms with Crippen molar-refractivity contribution in [1.29, 1.82) is 0 Å². The largest absolute Gasteiger partial charge is 0.458 e. The molecule has 0 saturated heterocycles. The van der Waals surface area contributed by atoms with E-state index in [1.807, 2.05) is 11.8 Å². The number of hydrogen-bond donors (Lipinski definition) is 0. The molecular weight excluding hydrogens is 1860 g/mol. The van der Waals surface area contributed by atoms with Gasteiger partial charge in [-0.25, -0.2) is 0 Å². The SMILES string of the molecule is CC(C)c1cc(C(C)C)c(B2c3ccccc3Oc3cc(N4c5ccccc5C5(c6ccccc64)c4ccccc4[Si]4(c6ccccc6N(c6ccccc6)c6ccccc64)c4ccccc45)ccc32)c(C(C)C)c1.CC(C)c1cc(C(C)C)c(B2c3ccccc3Sc3cc(N4c5ccccc5C5(c6ccccc64)c4ccccc4[Si]4(c6ccccc6N(c6ccccc6)c6ccccc64)c4ccccc45)ccc32)c(C(C)C)c1. The first-order chi connectivity index (χ1) is 73.4. The van der Waals surface area contributed by atoms with Gasteiger partial charge >= 0.3 is 0 Å². The lowest BCUT2D eigenvalue weighted by molar-refractivity contribution is 0.487. The molecule has 0 N–H and O–H groups in total. The zero-order valence-electron chi connectivity index (χ0n) is 87.1. The molecule has 10 heteroatoms. The van der Waals surface area contributed by atoms with E-state index in [0.29, 0.717) is 35.5 Å². The fourth-order valence-corrected chi connectivity index (χ4v) is 40.6. The smallest absolute Gasteiger partial charge is 0.251 e. The Morgan fingerprint density at radius 1 is 0.207 bits per heavy atom. The first-order valence-electron chi connectivity index (χ1n) is 54.1. The van der Waals surface area contributed by atoms with Crippen LogP contribution >= 0.6 is 11.8 Å². The van der Waals surface area contributed by atoms with Gasteiger partial charge in [-0.2, -0.15) is 0 Å². The van der Waals surface area contributed by atoms with Gasteiger partial charge in [0.05, 0.1) is 33.6 Å². The van der Waals surface area contributed by atoms with Crippen molar-refractivity contribution < 1.29 is 4.74 Å². The summed E-state index contributed by atoms with van der Waals surface area (Å²) in [5, 5.41) is 11.4. The van der Waals surface area contributed by atoms with Crippen molar-refractivity contribution in [3.05, 3.63) is 539 Å². The average Bonchev–Trinajstić information content (AvgIpc) is 0.654. The van der Waals surface area contributed by atoms with Gasteiger partial charge in [0.2, 0.25) is 6.71 Å². The molecule has 0 aromatic heterocycles. The summed E-state index contributed by atoms with van der Waals surface area (Å²) in [6.45, 7) is 28.4. The lowest BCUT2D eigenvalue weighted by atomic mass is 9.34. The lowest BCUT2D eigenvalue weighted by Gasteiger charge is -2.55. The average molecular weight is 1980 g/mol. The van der Waals surface area contributed by atoms with E-state index < -0.39 is 27.0 Å². The molecule has 20 aromatic rings. The van der Waals surface area contributed by atoms with Crippen LogP contribution in [0.2, 0.25) is 0 Å². The number of hydrogen-bond acceptors (Lipinski definition) is 6. The maximum absolute atomic E-state index is 7.13. The zero-order valence-corrected chi connectivity index (χ0v) is 89.9. The molecule has 4 spiro atoms. The van der Waals surface area contributed by atoms with E-state index in [4.69, 9.17) is 4.74 Å². The molecular formula is C140H118B2N4OSSi2. The second-order valence-electron chi connectivity index (χ2n) is 44.1. The number of rotatable bonds is 12. The number of fused-ring (bicyclic) bond motifs is 32. The molecule has 0 amide bonds. The van der Waals surface area contributed by atoms with Gasteiger partial charge < -0.3 is 24.3 Å². The van der Waals surface area contributed by atoms with Crippen LogP contribution in [-0.4, -0.2) is 29.6 Å². The summed E-state index contributed by atoms with van der Waals surface area (Å²) >= 11 is 1.94. The monoisotopic (exact) mass is 1980 g/mol. The first-order valence-corrected chi connectivity index (χ1v) is 58.9. The van der Waals surface area contributed by atoms with Gasteiger partial charge in [-0.1, -0.05) is 469 Å². The Morgan fingerprint density at radius 3 is 0.820 bits per heavy atom. The fraction of sp³-hybridized carbons (Fsp3) is 0.143. The molecule has 5 nitrogen and oxygen atoms in total. The number of nitrogens with zero attached hydrogens (tertiary/aromatic N) is 4. The van der Waals surface area contributed by atoms with Crippen molar-refractivity contribution in [1.82, 2.24) is 0 Å². The molecule has 0 atom stereocenters. The van der Waals surface area contributed by atoms with E-state index in [0.717, 1.165) is 17.2 Å². The van der Waals surface area contributed by atoms with Gasteiger partial charge in [-0.15, -0.1) is 0 Å². The molecule has 724 valence electrons. The van der Waals surface area contributed by atoms with Crippen molar-refractivity contribution in [3.63, 3.8) is 0 Å². The van der Waals surface area contributed by atoms with E-state index >= 15 is 0 Å². The minimum Gasteiger partial charge on any atom is -0.458 e. The molecule has 0 unspecified atom stereocenters. The highest BCUT2D eigenvalue weighted by Gasteiger charge is 2.63. The van der Waals surface area contributed by atoms with Crippen LogP contribution in [0.15, 0.2) is 471 Å². The Labute approximate surface area is 890 Å². The summed E-state index contributed by atoms with van der Waals surface area (Å²) in [6.07, 6.45) is 0. The summed E-state index contributed by atoms with van der Waals surface area (Å²) in [5.41, 5.74) is 40.5. The van der Waals surface area contributed by atoms with E-state index in [1.165, 1.54) is 225 Å². The van der Waals surface area contributed by atoms with Gasteiger partial charge in [-0.05, 0) is 269 Å². The van der Waals surface area contributed by atoms with Crippen molar-refractivity contribution >= 4 is 184 Å². The molecule has 150 heavy (non-hydrogen) atoms. The Kier molecular flexibility index (Phi) is 22.3. The molecule has 0 fully saturated rings. The van der Waals surface area contributed by atoms with Gasteiger partial charge in [-0.3, -0.25) is 0 Å². The maximum Gasteiger partial charge on any atom is 0.251 e. The highest BCUT2D eigenvalue weighted by Crippen LogP contribution is 2.63. The topological polar surface area (TPSA) is 22.2 Å². The number of anilines is 12. The van der Waals surface area contributed by atoms with E-state index in [-0.39, 0.29) is 13.4 Å². The minimum atomic E-state index is -3.04. The van der Waals surface area contributed by atoms with E-state index in [1.54, 1.807) is 0 Å². The predicted molar refractivity (Wildman–Crippen MR) is 641 cm³/mol. The summed E-state index contributed by atoms with van der Waals surface area (Å²) in [5.74, 6) is 4.19. The van der Waals surface area contributed by atoms with Crippen LogP contribution in [-0.2, 0) is 10.8 Å². The summed E-state index contributed by atoms with van der Waals surface area (Å²) in [7, 11) is -6.07.